The molecule has 2 aromatic carbocycles. The van der Waals surface area contributed by atoms with Crippen LogP contribution in [0.5, 0.6) is 0 Å². The molecule has 0 amide bonds. The molecule has 0 spiro atoms. The molecule has 1 nitrogen and oxygen atoms in total. The van der Waals surface area contributed by atoms with Crippen molar-refractivity contribution in [2.75, 3.05) is 5.32 Å². The highest BCUT2D eigenvalue weighted by molar-refractivity contribution is 9.10. The highest BCUT2D eigenvalue weighted by atomic mass is 79.9. The zero-order valence-electron chi connectivity index (χ0n) is 9.48. The second-order valence-corrected chi connectivity index (χ2v) is 6.02. The molecule has 0 saturated heterocycles. The van der Waals surface area contributed by atoms with Crippen molar-refractivity contribution in [3.8, 4) is 0 Å². The quantitative estimate of drug-likeness (QED) is 0.678. The molecule has 0 atom stereocenters. The number of rotatable bonds is 3. The molecule has 19 heavy (non-hydrogen) atoms. The average molecular weight is 411 g/mol. The predicted molar refractivity (Wildman–Crippen MR) is 80.5 cm³/mol. The van der Waals surface area contributed by atoms with Gasteiger partial charge in [-0.1, -0.05) is 33.6 Å². The summed E-state index contributed by atoms with van der Waals surface area (Å²) in [5.74, 6) is -1.29. The van der Waals surface area contributed by atoms with Gasteiger partial charge in [0, 0.05) is 15.5 Å². The molecule has 2 aromatic rings. The summed E-state index contributed by atoms with van der Waals surface area (Å²) in [6, 6.07) is 7.75. The van der Waals surface area contributed by atoms with E-state index in [0.29, 0.717) is 9.50 Å². The molecule has 0 aliphatic heterocycles. The van der Waals surface area contributed by atoms with Crippen LogP contribution in [0.25, 0.3) is 0 Å². The molecular weight excluding hydrogens is 403 g/mol. The van der Waals surface area contributed by atoms with Crippen LogP contribution in [-0.2, 0) is 6.54 Å². The Balaban J connectivity index is 2.16. The van der Waals surface area contributed by atoms with Gasteiger partial charge in [-0.25, -0.2) is 8.78 Å². The van der Waals surface area contributed by atoms with Crippen LogP contribution in [0.3, 0.4) is 0 Å². The van der Waals surface area contributed by atoms with Crippen LogP contribution in [-0.4, -0.2) is 0 Å². The van der Waals surface area contributed by atoms with E-state index in [1.54, 1.807) is 12.1 Å². The van der Waals surface area contributed by atoms with E-state index in [2.05, 4.69) is 37.2 Å². The van der Waals surface area contributed by atoms with Gasteiger partial charge in [0.2, 0.25) is 0 Å². The molecule has 0 saturated carbocycles. The van der Waals surface area contributed by atoms with Crippen LogP contribution >= 0.6 is 43.5 Å². The number of benzene rings is 2. The summed E-state index contributed by atoms with van der Waals surface area (Å²) in [6.07, 6.45) is 0. The predicted octanol–water partition coefficient (Wildman–Crippen LogP) is 5.76. The fourth-order valence-corrected chi connectivity index (χ4v) is 2.40. The van der Waals surface area contributed by atoms with Crippen LogP contribution in [0.15, 0.2) is 39.3 Å². The molecule has 0 aromatic heterocycles. The molecule has 0 radical (unpaired) electrons. The fraction of sp³-hybridized carbons (Fsp3) is 0.0769. The van der Waals surface area contributed by atoms with Gasteiger partial charge in [-0.05, 0) is 45.8 Å². The molecule has 0 fully saturated rings. The SMILES string of the molecule is Fc1cc(Br)cc(F)c1NCc1ccc(Br)c(Cl)c1. The first kappa shape index (κ1) is 14.8. The van der Waals surface area contributed by atoms with Crippen LogP contribution in [0.1, 0.15) is 5.56 Å². The minimum atomic E-state index is -0.643. The lowest BCUT2D eigenvalue weighted by Gasteiger charge is -2.10. The van der Waals surface area contributed by atoms with E-state index in [1.165, 1.54) is 12.1 Å². The van der Waals surface area contributed by atoms with E-state index in [1.807, 2.05) is 6.07 Å². The summed E-state index contributed by atoms with van der Waals surface area (Å²) in [6.45, 7) is 0.280. The van der Waals surface area contributed by atoms with Crippen LogP contribution in [0, 0.1) is 11.6 Å². The molecular formula is C13H8Br2ClF2N. The first-order valence-corrected chi connectivity index (χ1v) is 7.26. The Bertz CT molecular complexity index is 597. The molecule has 0 aliphatic carbocycles. The van der Waals surface area contributed by atoms with Crippen LogP contribution in [0.2, 0.25) is 5.02 Å². The van der Waals surface area contributed by atoms with Crippen molar-refractivity contribution in [2.45, 2.75) is 6.54 Å². The standard InChI is InChI=1S/C13H8Br2ClF2N/c14-8-4-11(17)13(12(18)5-8)19-6-7-1-2-9(15)10(16)3-7/h1-5,19H,6H2. The third-order valence-electron chi connectivity index (χ3n) is 2.46. The smallest absolute Gasteiger partial charge is 0.150 e. The summed E-state index contributed by atoms with van der Waals surface area (Å²) in [5.41, 5.74) is 0.678. The minimum absolute atomic E-state index is 0.151. The Morgan fingerprint density at radius 2 is 1.68 bits per heavy atom. The molecule has 0 bridgehead atoms. The van der Waals surface area contributed by atoms with E-state index in [-0.39, 0.29) is 12.2 Å². The third kappa shape index (κ3) is 3.68. The molecule has 0 aliphatic rings. The van der Waals surface area contributed by atoms with Crippen LogP contribution in [0.4, 0.5) is 14.5 Å². The van der Waals surface area contributed by atoms with Crippen molar-refractivity contribution in [3.63, 3.8) is 0 Å². The zero-order valence-corrected chi connectivity index (χ0v) is 13.4. The number of hydrogen-bond donors (Lipinski definition) is 1. The number of hydrogen-bond acceptors (Lipinski definition) is 1. The highest BCUT2D eigenvalue weighted by Crippen LogP contribution is 2.26. The summed E-state index contributed by atoms with van der Waals surface area (Å²) in [7, 11) is 0. The number of nitrogens with one attached hydrogen (secondary N) is 1. The van der Waals surface area contributed by atoms with Crippen molar-refractivity contribution < 1.29 is 8.78 Å². The highest BCUT2D eigenvalue weighted by Gasteiger charge is 2.10. The van der Waals surface area contributed by atoms with Gasteiger partial charge in [0.05, 0.1) is 5.02 Å². The first-order valence-electron chi connectivity index (χ1n) is 5.29. The van der Waals surface area contributed by atoms with Gasteiger partial charge >= 0.3 is 0 Å². The van der Waals surface area contributed by atoms with E-state index in [0.717, 1.165) is 10.0 Å². The van der Waals surface area contributed by atoms with Crippen molar-refractivity contribution in [1.82, 2.24) is 0 Å². The van der Waals surface area contributed by atoms with Crippen molar-refractivity contribution in [2.24, 2.45) is 0 Å². The molecule has 1 N–H and O–H groups in total. The first-order chi connectivity index (χ1) is 8.97. The van der Waals surface area contributed by atoms with E-state index in [9.17, 15) is 8.78 Å². The van der Waals surface area contributed by atoms with Gasteiger partial charge in [0.25, 0.3) is 0 Å². The maximum Gasteiger partial charge on any atom is 0.150 e. The molecule has 2 rings (SSSR count). The zero-order chi connectivity index (χ0) is 14.0. The Labute approximate surface area is 131 Å². The Kier molecular flexibility index (Phi) is 4.81. The van der Waals surface area contributed by atoms with E-state index >= 15 is 0 Å². The normalized spacial score (nSPS) is 10.6. The maximum absolute atomic E-state index is 13.6. The number of halogens is 5. The van der Waals surface area contributed by atoms with Gasteiger partial charge in [-0.15, -0.1) is 0 Å². The lowest BCUT2D eigenvalue weighted by Crippen LogP contribution is -2.04. The molecule has 100 valence electrons. The summed E-state index contributed by atoms with van der Waals surface area (Å²) in [4.78, 5) is 0. The molecule has 6 heteroatoms. The third-order valence-corrected chi connectivity index (χ3v) is 4.15. The van der Waals surface area contributed by atoms with Crippen LogP contribution < -0.4 is 5.32 Å². The Morgan fingerprint density at radius 3 is 2.26 bits per heavy atom. The monoisotopic (exact) mass is 409 g/mol. The Hall–Kier alpha value is -0.650. The van der Waals surface area contributed by atoms with Crippen molar-refractivity contribution in [3.05, 3.63) is 61.5 Å². The average Bonchev–Trinajstić information content (AvgIpc) is 2.32. The van der Waals surface area contributed by atoms with Gasteiger partial charge < -0.3 is 5.32 Å². The fourth-order valence-electron chi connectivity index (χ4n) is 1.55. The number of anilines is 1. The molecule has 0 heterocycles. The lowest BCUT2D eigenvalue weighted by atomic mass is 10.2. The summed E-state index contributed by atoms with van der Waals surface area (Å²) >= 11 is 12.3. The summed E-state index contributed by atoms with van der Waals surface area (Å²) in [5, 5.41) is 3.28. The van der Waals surface area contributed by atoms with Gasteiger partial charge in [0.15, 0.2) is 0 Å². The maximum atomic E-state index is 13.6. The second-order valence-electron chi connectivity index (χ2n) is 3.85. The summed E-state index contributed by atoms with van der Waals surface area (Å²) < 4.78 is 28.3. The topological polar surface area (TPSA) is 12.0 Å². The van der Waals surface area contributed by atoms with Crippen molar-refractivity contribution in [1.29, 1.82) is 0 Å². The van der Waals surface area contributed by atoms with Gasteiger partial charge in [0.1, 0.15) is 17.3 Å². The molecule has 0 unspecified atom stereocenters. The lowest BCUT2D eigenvalue weighted by molar-refractivity contribution is 0.586. The van der Waals surface area contributed by atoms with Gasteiger partial charge in [-0.2, -0.15) is 0 Å². The van der Waals surface area contributed by atoms with Gasteiger partial charge in [-0.3, -0.25) is 0 Å². The Morgan fingerprint density at radius 1 is 1.05 bits per heavy atom. The minimum Gasteiger partial charge on any atom is -0.376 e. The van der Waals surface area contributed by atoms with E-state index < -0.39 is 11.6 Å². The second kappa shape index (κ2) is 6.20. The largest absolute Gasteiger partial charge is 0.376 e. The van der Waals surface area contributed by atoms with E-state index in [4.69, 9.17) is 11.6 Å². The van der Waals surface area contributed by atoms with Crippen molar-refractivity contribution >= 4 is 49.1 Å².